The van der Waals surface area contributed by atoms with Gasteiger partial charge in [0.1, 0.15) is 11.5 Å². The molecule has 1 aliphatic rings. The molecule has 176 valence electrons. The van der Waals surface area contributed by atoms with Crippen molar-refractivity contribution >= 4 is 17.5 Å². The summed E-state index contributed by atoms with van der Waals surface area (Å²) >= 11 is 0. The van der Waals surface area contributed by atoms with Gasteiger partial charge in [-0.3, -0.25) is 9.59 Å². The molecule has 8 heteroatoms. The molecule has 0 N–H and O–H groups in total. The lowest BCUT2D eigenvalue weighted by Crippen LogP contribution is -2.54. The highest BCUT2D eigenvalue weighted by molar-refractivity contribution is 6.35. The Morgan fingerprint density at radius 2 is 1.26 bits per heavy atom. The minimum atomic E-state index is -0.435. The third kappa shape index (κ3) is 7.25. The Kier molecular flexibility index (Phi) is 9.30. The third-order valence-electron chi connectivity index (χ3n) is 5.53. The first-order chi connectivity index (χ1) is 16.6. The van der Waals surface area contributed by atoms with Gasteiger partial charge in [0, 0.05) is 26.2 Å². The Balaban J connectivity index is 1.27. The SMILES string of the molecule is [C-]#[N+]c1ccc(OCCCCN2CCN(CCCCOc3ccc(C#N)cc3)C(=O)C2=O)cc1. The summed E-state index contributed by atoms with van der Waals surface area (Å²) in [5.41, 5.74) is 1.16. The normalized spacial score (nSPS) is 13.4. The first-order valence-electron chi connectivity index (χ1n) is 11.4. The molecule has 0 unspecified atom stereocenters. The topological polar surface area (TPSA) is 87.2 Å². The maximum absolute atomic E-state index is 12.4. The molecule has 2 amide bonds. The second-order valence-electron chi connectivity index (χ2n) is 7.94. The summed E-state index contributed by atoms with van der Waals surface area (Å²) in [5.74, 6) is 0.558. The average Bonchev–Trinajstić information content (AvgIpc) is 2.88. The first kappa shape index (κ1) is 24.6. The number of carbonyl (C=O) groups excluding carboxylic acids is 2. The van der Waals surface area contributed by atoms with E-state index in [-0.39, 0.29) is 0 Å². The van der Waals surface area contributed by atoms with Crippen molar-refractivity contribution in [3.63, 3.8) is 0 Å². The zero-order valence-electron chi connectivity index (χ0n) is 19.1. The van der Waals surface area contributed by atoms with E-state index in [4.69, 9.17) is 21.3 Å². The maximum atomic E-state index is 12.4. The third-order valence-corrected chi connectivity index (χ3v) is 5.53. The van der Waals surface area contributed by atoms with E-state index in [0.29, 0.717) is 56.4 Å². The van der Waals surface area contributed by atoms with Crippen molar-refractivity contribution in [2.75, 3.05) is 39.4 Å². The van der Waals surface area contributed by atoms with Crippen LogP contribution in [-0.2, 0) is 9.59 Å². The highest BCUT2D eigenvalue weighted by Crippen LogP contribution is 2.18. The summed E-state index contributed by atoms with van der Waals surface area (Å²) in [5, 5.41) is 8.81. The van der Waals surface area contributed by atoms with Gasteiger partial charge in [0.25, 0.3) is 0 Å². The van der Waals surface area contributed by atoms with Crippen LogP contribution in [0.15, 0.2) is 48.5 Å². The van der Waals surface area contributed by atoms with Gasteiger partial charge in [-0.25, -0.2) is 4.85 Å². The predicted octanol–water partition coefficient (Wildman–Crippen LogP) is 3.80. The minimum absolute atomic E-state index is 0.435. The number of nitriles is 1. The average molecular weight is 461 g/mol. The Morgan fingerprint density at radius 1 is 0.794 bits per heavy atom. The second kappa shape index (κ2) is 12.9. The standard InChI is InChI=1S/C26H28N4O4/c1-28-22-8-12-24(13-9-22)34-19-5-3-15-30-17-16-29(25(31)26(30)32)14-2-4-18-33-23-10-6-21(20-27)7-11-23/h6-13H,2-5,14-19H2. The number of carbonyl (C=O) groups is 2. The summed E-state index contributed by atoms with van der Waals surface area (Å²) in [7, 11) is 0. The molecule has 34 heavy (non-hydrogen) atoms. The van der Waals surface area contributed by atoms with Gasteiger partial charge in [-0.1, -0.05) is 12.1 Å². The summed E-state index contributed by atoms with van der Waals surface area (Å²) in [6.07, 6.45) is 3.04. The van der Waals surface area contributed by atoms with Crippen LogP contribution in [0.2, 0.25) is 0 Å². The largest absolute Gasteiger partial charge is 0.494 e. The van der Waals surface area contributed by atoms with E-state index in [2.05, 4.69) is 10.9 Å². The quantitative estimate of drug-likeness (QED) is 0.273. The van der Waals surface area contributed by atoms with Gasteiger partial charge in [0.2, 0.25) is 0 Å². The van der Waals surface area contributed by atoms with E-state index < -0.39 is 11.8 Å². The minimum Gasteiger partial charge on any atom is -0.494 e. The van der Waals surface area contributed by atoms with E-state index >= 15 is 0 Å². The zero-order chi connectivity index (χ0) is 24.2. The van der Waals surface area contributed by atoms with E-state index in [1.807, 2.05) is 0 Å². The Labute approximate surface area is 200 Å². The molecule has 0 saturated carbocycles. The number of piperazine rings is 1. The van der Waals surface area contributed by atoms with Gasteiger partial charge in [-0.2, -0.15) is 5.26 Å². The molecule has 0 aromatic heterocycles. The van der Waals surface area contributed by atoms with E-state index in [0.717, 1.165) is 31.4 Å². The summed E-state index contributed by atoms with van der Waals surface area (Å²) in [4.78, 5) is 31.5. The van der Waals surface area contributed by atoms with E-state index in [9.17, 15) is 9.59 Å². The molecule has 0 aliphatic carbocycles. The van der Waals surface area contributed by atoms with Crippen molar-refractivity contribution in [2.45, 2.75) is 25.7 Å². The monoisotopic (exact) mass is 460 g/mol. The fourth-order valence-corrected chi connectivity index (χ4v) is 3.57. The van der Waals surface area contributed by atoms with Crippen molar-refractivity contribution in [1.29, 1.82) is 5.26 Å². The Hall–Kier alpha value is -4.04. The predicted molar refractivity (Wildman–Crippen MR) is 126 cm³/mol. The maximum Gasteiger partial charge on any atom is 0.312 e. The number of benzene rings is 2. The van der Waals surface area contributed by atoms with Gasteiger partial charge in [-0.15, -0.1) is 0 Å². The lowest BCUT2D eigenvalue weighted by molar-refractivity contribution is -0.156. The van der Waals surface area contributed by atoms with Crippen LogP contribution in [0.5, 0.6) is 11.5 Å². The van der Waals surface area contributed by atoms with Crippen LogP contribution in [0.4, 0.5) is 5.69 Å². The first-order valence-corrected chi connectivity index (χ1v) is 11.4. The lowest BCUT2D eigenvalue weighted by Gasteiger charge is -2.33. The highest BCUT2D eigenvalue weighted by Gasteiger charge is 2.31. The number of ether oxygens (including phenoxy) is 2. The molecule has 0 atom stereocenters. The van der Waals surface area contributed by atoms with E-state index in [1.54, 1.807) is 58.3 Å². The van der Waals surface area contributed by atoms with E-state index in [1.165, 1.54) is 0 Å². The second-order valence-corrected chi connectivity index (χ2v) is 7.94. The molecule has 2 aromatic carbocycles. The molecule has 8 nitrogen and oxygen atoms in total. The highest BCUT2D eigenvalue weighted by atomic mass is 16.5. The van der Waals surface area contributed by atoms with Crippen LogP contribution in [-0.4, -0.2) is 61.0 Å². The number of hydrogen-bond donors (Lipinski definition) is 0. The van der Waals surface area contributed by atoms with Crippen LogP contribution < -0.4 is 9.47 Å². The number of rotatable bonds is 12. The molecule has 0 spiro atoms. The van der Waals surface area contributed by atoms with Crippen LogP contribution >= 0.6 is 0 Å². The summed E-state index contributed by atoms with van der Waals surface area (Å²) in [6, 6.07) is 16.0. The Bertz CT molecular complexity index is 953. The number of nitrogens with zero attached hydrogens (tertiary/aromatic N) is 4. The molecule has 0 radical (unpaired) electrons. The number of amides is 2. The molecule has 1 heterocycles. The summed E-state index contributed by atoms with van der Waals surface area (Å²) in [6.45, 7) is 10.2. The van der Waals surface area contributed by atoms with Gasteiger partial charge in [0.05, 0.1) is 31.4 Å². The number of hydrogen-bond acceptors (Lipinski definition) is 5. The molecule has 2 aromatic rings. The fraction of sp³-hybridized carbons (Fsp3) is 0.385. The van der Waals surface area contributed by atoms with Crippen LogP contribution in [0.3, 0.4) is 0 Å². The van der Waals surface area contributed by atoms with Crippen molar-refractivity contribution in [3.8, 4) is 17.6 Å². The molecule has 1 fully saturated rings. The van der Waals surface area contributed by atoms with Crippen LogP contribution in [0, 0.1) is 17.9 Å². The molecule has 1 aliphatic heterocycles. The van der Waals surface area contributed by atoms with Crippen molar-refractivity contribution in [3.05, 3.63) is 65.5 Å². The smallest absolute Gasteiger partial charge is 0.312 e. The lowest BCUT2D eigenvalue weighted by atomic mass is 10.2. The molecular weight excluding hydrogens is 432 g/mol. The number of unbranched alkanes of at least 4 members (excludes halogenated alkanes) is 2. The van der Waals surface area contributed by atoms with Gasteiger partial charge in [-0.05, 0) is 62.1 Å². The molecule has 3 rings (SSSR count). The van der Waals surface area contributed by atoms with Gasteiger partial charge < -0.3 is 19.3 Å². The Morgan fingerprint density at radius 3 is 1.71 bits per heavy atom. The van der Waals surface area contributed by atoms with Gasteiger partial charge >= 0.3 is 11.8 Å². The van der Waals surface area contributed by atoms with Crippen molar-refractivity contribution < 1.29 is 19.1 Å². The van der Waals surface area contributed by atoms with Gasteiger partial charge in [0.15, 0.2) is 5.69 Å². The fourth-order valence-electron chi connectivity index (χ4n) is 3.57. The van der Waals surface area contributed by atoms with Crippen molar-refractivity contribution in [1.82, 2.24) is 9.80 Å². The molecule has 1 saturated heterocycles. The summed E-state index contributed by atoms with van der Waals surface area (Å²) < 4.78 is 11.3. The molecular formula is C26H28N4O4. The zero-order valence-corrected chi connectivity index (χ0v) is 19.1. The van der Waals surface area contributed by atoms with Crippen LogP contribution in [0.1, 0.15) is 31.2 Å². The molecule has 0 bridgehead atoms. The van der Waals surface area contributed by atoms with Crippen LogP contribution in [0.25, 0.3) is 4.85 Å². The van der Waals surface area contributed by atoms with Crippen molar-refractivity contribution in [2.24, 2.45) is 0 Å².